The second-order valence-electron chi connectivity index (χ2n) is 2.63. The summed E-state index contributed by atoms with van der Waals surface area (Å²) in [5.41, 5.74) is 1.25. The Morgan fingerprint density at radius 2 is 2.00 bits per heavy atom. The molecule has 0 aromatic rings. The number of hydrogen-bond donors (Lipinski definition) is 0. The molecule has 0 aliphatic rings. The largest absolute Gasteiger partial charge is 0.377 e. The second kappa shape index (κ2) is 4.83. The minimum Gasteiger partial charge on any atom is -0.377 e. The third kappa shape index (κ3) is 3.71. The van der Waals surface area contributed by atoms with E-state index in [-0.39, 0.29) is 0 Å². The molecule has 11 heavy (non-hydrogen) atoms. The second-order valence-corrected chi connectivity index (χ2v) is 2.63. The predicted molar refractivity (Wildman–Crippen MR) is 50.0 cm³/mol. The monoisotopic (exact) mass is 154 g/mol. The zero-order valence-electron chi connectivity index (χ0n) is 7.96. The molecule has 0 saturated carbocycles. The van der Waals surface area contributed by atoms with Gasteiger partial charge in [-0.05, 0) is 20.0 Å². The van der Waals surface area contributed by atoms with E-state index in [0.717, 1.165) is 6.54 Å². The van der Waals surface area contributed by atoms with E-state index in [1.807, 2.05) is 11.9 Å². The molecule has 64 valence electrons. The fourth-order valence-electron chi connectivity index (χ4n) is 0.695. The van der Waals surface area contributed by atoms with Crippen LogP contribution in [0.15, 0.2) is 24.7 Å². The van der Waals surface area contributed by atoms with Crippen LogP contribution in [0.25, 0.3) is 0 Å². The molecule has 0 N–H and O–H groups in total. The van der Waals surface area contributed by atoms with E-state index in [1.54, 1.807) is 6.20 Å². The first-order valence-corrected chi connectivity index (χ1v) is 3.85. The summed E-state index contributed by atoms with van der Waals surface area (Å²) in [6.07, 6.45) is 3.84. The Bertz CT molecular complexity index is 150. The molecule has 0 aromatic carbocycles. The molecule has 2 heteroatoms. The first-order chi connectivity index (χ1) is 5.11. The molecule has 2 nitrogen and oxygen atoms in total. The SMILES string of the molecule is C=CN(C)/C=C(/C)N(C)CC. The minimum absolute atomic E-state index is 1.04. The highest BCUT2D eigenvalue weighted by atomic mass is 15.1. The Labute approximate surface area is 69.8 Å². The lowest BCUT2D eigenvalue weighted by molar-refractivity contribution is 0.428. The maximum absolute atomic E-state index is 3.66. The van der Waals surface area contributed by atoms with Gasteiger partial charge in [-0.2, -0.15) is 0 Å². The normalized spacial score (nSPS) is 11.1. The standard InChI is InChI=1S/C9H18N2/c1-6-10(4)8-9(3)11(5)7-2/h6,8H,1,7H2,2-5H3/b9-8-. The minimum atomic E-state index is 1.04. The molecule has 0 saturated heterocycles. The summed E-state index contributed by atoms with van der Waals surface area (Å²) in [7, 11) is 4.04. The van der Waals surface area contributed by atoms with Gasteiger partial charge in [-0.1, -0.05) is 6.58 Å². The van der Waals surface area contributed by atoms with Gasteiger partial charge in [0.1, 0.15) is 0 Å². The average molecular weight is 154 g/mol. The van der Waals surface area contributed by atoms with Crippen LogP contribution in [0.5, 0.6) is 0 Å². The van der Waals surface area contributed by atoms with Gasteiger partial charge >= 0.3 is 0 Å². The van der Waals surface area contributed by atoms with E-state index < -0.39 is 0 Å². The van der Waals surface area contributed by atoms with E-state index in [1.165, 1.54) is 5.70 Å². The molecular weight excluding hydrogens is 136 g/mol. The highest BCUT2D eigenvalue weighted by molar-refractivity contribution is 4.97. The summed E-state index contributed by atoms with van der Waals surface area (Å²) in [5, 5.41) is 0. The maximum Gasteiger partial charge on any atom is 0.0263 e. The third-order valence-corrected chi connectivity index (χ3v) is 1.75. The van der Waals surface area contributed by atoms with E-state index in [0.29, 0.717) is 0 Å². The van der Waals surface area contributed by atoms with Gasteiger partial charge in [-0.3, -0.25) is 0 Å². The maximum atomic E-state index is 3.66. The van der Waals surface area contributed by atoms with E-state index >= 15 is 0 Å². The van der Waals surface area contributed by atoms with Crippen LogP contribution in [0.3, 0.4) is 0 Å². The van der Waals surface area contributed by atoms with Crippen LogP contribution in [0, 0.1) is 0 Å². The van der Waals surface area contributed by atoms with Crippen LogP contribution < -0.4 is 0 Å². The molecule has 0 spiro atoms. The van der Waals surface area contributed by atoms with Gasteiger partial charge in [0.15, 0.2) is 0 Å². The van der Waals surface area contributed by atoms with Crippen molar-refractivity contribution in [1.82, 2.24) is 9.80 Å². The number of allylic oxidation sites excluding steroid dienone is 1. The van der Waals surface area contributed by atoms with Gasteiger partial charge in [-0.25, -0.2) is 0 Å². The molecule has 0 aromatic heterocycles. The van der Waals surface area contributed by atoms with E-state index in [4.69, 9.17) is 0 Å². The van der Waals surface area contributed by atoms with Crippen molar-refractivity contribution in [3.63, 3.8) is 0 Å². The zero-order chi connectivity index (χ0) is 8.85. The molecule has 0 amide bonds. The van der Waals surface area contributed by atoms with Crippen LogP contribution in [-0.2, 0) is 0 Å². The van der Waals surface area contributed by atoms with Crippen LogP contribution >= 0.6 is 0 Å². The fraction of sp³-hybridized carbons (Fsp3) is 0.556. The van der Waals surface area contributed by atoms with Gasteiger partial charge in [-0.15, -0.1) is 0 Å². The van der Waals surface area contributed by atoms with Gasteiger partial charge in [0.05, 0.1) is 0 Å². The van der Waals surface area contributed by atoms with Crippen LogP contribution in [0.1, 0.15) is 13.8 Å². The van der Waals surface area contributed by atoms with E-state index in [9.17, 15) is 0 Å². The summed E-state index contributed by atoms with van der Waals surface area (Å²) >= 11 is 0. The van der Waals surface area contributed by atoms with Gasteiger partial charge < -0.3 is 9.80 Å². The van der Waals surface area contributed by atoms with Crippen molar-refractivity contribution in [1.29, 1.82) is 0 Å². The number of rotatable bonds is 4. The van der Waals surface area contributed by atoms with Gasteiger partial charge in [0, 0.05) is 32.5 Å². The van der Waals surface area contributed by atoms with Crippen LogP contribution in [0.2, 0.25) is 0 Å². The zero-order valence-corrected chi connectivity index (χ0v) is 7.96. The molecule has 0 heterocycles. The lowest BCUT2D eigenvalue weighted by Crippen LogP contribution is -2.17. The first kappa shape index (κ1) is 10.1. The molecule has 0 unspecified atom stereocenters. The highest BCUT2D eigenvalue weighted by Crippen LogP contribution is 2.00. The van der Waals surface area contributed by atoms with Crippen LogP contribution in [0.4, 0.5) is 0 Å². The summed E-state index contributed by atoms with van der Waals surface area (Å²) < 4.78 is 0. The van der Waals surface area contributed by atoms with Crippen molar-refractivity contribution in [2.75, 3.05) is 20.6 Å². The van der Waals surface area contributed by atoms with Crippen molar-refractivity contribution < 1.29 is 0 Å². The summed E-state index contributed by atoms with van der Waals surface area (Å²) in [4.78, 5) is 4.13. The van der Waals surface area contributed by atoms with Crippen molar-refractivity contribution >= 4 is 0 Å². The Balaban J connectivity index is 4.08. The Hall–Kier alpha value is -0.920. The molecule has 0 fully saturated rings. The summed E-state index contributed by atoms with van der Waals surface area (Å²) in [5.74, 6) is 0. The lowest BCUT2D eigenvalue weighted by Gasteiger charge is -2.19. The Morgan fingerprint density at radius 3 is 2.36 bits per heavy atom. The molecule has 0 aliphatic heterocycles. The third-order valence-electron chi connectivity index (χ3n) is 1.75. The van der Waals surface area contributed by atoms with E-state index in [2.05, 4.69) is 38.6 Å². The highest BCUT2D eigenvalue weighted by Gasteiger charge is 1.94. The molecule has 0 aliphatic carbocycles. The van der Waals surface area contributed by atoms with Crippen molar-refractivity contribution in [2.24, 2.45) is 0 Å². The summed E-state index contributed by atoms with van der Waals surface area (Å²) in [6, 6.07) is 0. The van der Waals surface area contributed by atoms with Crippen molar-refractivity contribution in [2.45, 2.75) is 13.8 Å². The van der Waals surface area contributed by atoms with Gasteiger partial charge in [0.25, 0.3) is 0 Å². The molecule has 0 radical (unpaired) electrons. The van der Waals surface area contributed by atoms with Crippen molar-refractivity contribution in [3.05, 3.63) is 24.7 Å². The quantitative estimate of drug-likeness (QED) is 0.610. The molecule has 0 rings (SSSR count). The first-order valence-electron chi connectivity index (χ1n) is 3.85. The lowest BCUT2D eigenvalue weighted by atomic mass is 10.4. The van der Waals surface area contributed by atoms with Crippen LogP contribution in [-0.4, -0.2) is 30.4 Å². The fourth-order valence-corrected chi connectivity index (χ4v) is 0.695. The predicted octanol–water partition coefficient (Wildman–Crippen LogP) is 1.87. The average Bonchev–Trinajstić information content (AvgIpc) is 2.02. The summed E-state index contributed by atoms with van der Waals surface area (Å²) in [6.45, 7) is 8.91. The smallest absolute Gasteiger partial charge is 0.0263 e. The molecule has 0 bridgehead atoms. The molecular formula is C9H18N2. The number of nitrogens with zero attached hydrogens (tertiary/aromatic N) is 2. The Kier molecular flexibility index (Phi) is 4.42. The topological polar surface area (TPSA) is 6.48 Å². The Morgan fingerprint density at radius 1 is 1.45 bits per heavy atom. The molecule has 0 atom stereocenters. The van der Waals surface area contributed by atoms with Gasteiger partial charge in [0.2, 0.25) is 0 Å². The number of hydrogen-bond acceptors (Lipinski definition) is 2. The van der Waals surface area contributed by atoms with Crippen molar-refractivity contribution in [3.8, 4) is 0 Å².